The molecule has 4 heteroatoms. The summed E-state index contributed by atoms with van der Waals surface area (Å²) in [5.41, 5.74) is 2.46. The first-order valence-corrected chi connectivity index (χ1v) is 6.81. The van der Waals surface area contributed by atoms with E-state index in [0.29, 0.717) is 12.0 Å². The highest BCUT2D eigenvalue weighted by atomic mass is 16.5. The average molecular weight is 264 g/mol. The van der Waals surface area contributed by atoms with Crippen molar-refractivity contribution in [2.45, 2.75) is 19.4 Å². The largest absolute Gasteiger partial charge is 0.497 e. The van der Waals surface area contributed by atoms with Crippen molar-refractivity contribution in [3.8, 4) is 11.5 Å². The van der Waals surface area contributed by atoms with Crippen molar-refractivity contribution >= 4 is 0 Å². The van der Waals surface area contributed by atoms with E-state index in [9.17, 15) is 0 Å². The van der Waals surface area contributed by atoms with Gasteiger partial charge in [-0.05, 0) is 51.0 Å². The molecule has 0 bridgehead atoms. The molecule has 106 valence electrons. The zero-order chi connectivity index (χ0) is 13.8. The van der Waals surface area contributed by atoms with Gasteiger partial charge in [-0.3, -0.25) is 0 Å². The summed E-state index contributed by atoms with van der Waals surface area (Å²) in [4.78, 5) is 0. The molecule has 1 aromatic carbocycles. The molecule has 1 aliphatic heterocycles. The monoisotopic (exact) mass is 264 g/mol. The Hall–Kier alpha value is -1.26. The number of aryl methyl sites for hydroxylation is 1. The minimum atomic E-state index is 0.316. The van der Waals surface area contributed by atoms with Crippen molar-refractivity contribution in [1.82, 2.24) is 10.6 Å². The van der Waals surface area contributed by atoms with Crippen molar-refractivity contribution in [2.75, 3.05) is 34.4 Å². The molecule has 2 rings (SSSR count). The number of methoxy groups -OCH3 is 2. The van der Waals surface area contributed by atoms with Crippen LogP contribution in [-0.4, -0.2) is 34.4 Å². The Morgan fingerprint density at radius 2 is 2.11 bits per heavy atom. The number of rotatable bonds is 5. The number of hydrogen-bond acceptors (Lipinski definition) is 4. The minimum Gasteiger partial charge on any atom is -0.497 e. The second-order valence-corrected chi connectivity index (χ2v) is 5.08. The van der Waals surface area contributed by atoms with Gasteiger partial charge in [0.25, 0.3) is 0 Å². The Bertz CT molecular complexity index is 428. The fourth-order valence-electron chi connectivity index (χ4n) is 3.00. The maximum atomic E-state index is 5.57. The van der Waals surface area contributed by atoms with E-state index in [1.54, 1.807) is 14.2 Å². The van der Waals surface area contributed by atoms with Gasteiger partial charge < -0.3 is 20.1 Å². The van der Waals surface area contributed by atoms with Crippen LogP contribution in [0.1, 0.15) is 23.6 Å². The van der Waals surface area contributed by atoms with Gasteiger partial charge in [0.2, 0.25) is 0 Å². The van der Waals surface area contributed by atoms with Crippen LogP contribution in [0.3, 0.4) is 0 Å². The third kappa shape index (κ3) is 2.85. The maximum Gasteiger partial charge on any atom is 0.127 e. The summed E-state index contributed by atoms with van der Waals surface area (Å²) in [6.07, 6.45) is 1.19. The van der Waals surface area contributed by atoms with Crippen molar-refractivity contribution in [2.24, 2.45) is 5.92 Å². The van der Waals surface area contributed by atoms with Crippen LogP contribution in [0.15, 0.2) is 12.1 Å². The van der Waals surface area contributed by atoms with Gasteiger partial charge in [0, 0.05) is 17.7 Å². The fourth-order valence-corrected chi connectivity index (χ4v) is 3.00. The molecule has 2 atom stereocenters. The van der Waals surface area contributed by atoms with E-state index < -0.39 is 0 Å². The van der Waals surface area contributed by atoms with Crippen molar-refractivity contribution in [1.29, 1.82) is 0 Å². The molecule has 1 aromatic rings. The first-order chi connectivity index (χ1) is 9.21. The first-order valence-electron chi connectivity index (χ1n) is 6.81. The van der Waals surface area contributed by atoms with Crippen LogP contribution in [0.2, 0.25) is 0 Å². The summed E-state index contributed by atoms with van der Waals surface area (Å²) in [7, 11) is 5.42. The van der Waals surface area contributed by atoms with Gasteiger partial charge in [-0.15, -0.1) is 0 Å². The molecule has 1 heterocycles. The van der Waals surface area contributed by atoms with Crippen LogP contribution in [-0.2, 0) is 0 Å². The highest BCUT2D eigenvalue weighted by molar-refractivity contribution is 5.48. The molecular formula is C15H24N2O2. The van der Waals surface area contributed by atoms with Crippen LogP contribution in [0, 0.1) is 12.8 Å². The molecule has 1 fully saturated rings. The van der Waals surface area contributed by atoms with E-state index in [2.05, 4.69) is 23.6 Å². The predicted octanol–water partition coefficient (Wildman–Crippen LogP) is 1.88. The highest BCUT2D eigenvalue weighted by Crippen LogP contribution is 2.37. The number of hydrogen-bond donors (Lipinski definition) is 2. The SMILES string of the molecule is CNC(c1c(C)cc(OC)cc1OC)C1CCNC1. The van der Waals surface area contributed by atoms with E-state index in [1.165, 1.54) is 17.5 Å². The predicted molar refractivity (Wildman–Crippen MR) is 77.1 cm³/mol. The van der Waals surface area contributed by atoms with Gasteiger partial charge in [0.05, 0.1) is 14.2 Å². The van der Waals surface area contributed by atoms with E-state index in [1.807, 2.05) is 13.1 Å². The Balaban J connectivity index is 2.40. The van der Waals surface area contributed by atoms with E-state index in [4.69, 9.17) is 9.47 Å². The van der Waals surface area contributed by atoms with Crippen LogP contribution in [0.25, 0.3) is 0 Å². The van der Waals surface area contributed by atoms with Crippen molar-refractivity contribution < 1.29 is 9.47 Å². The Morgan fingerprint density at radius 3 is 2.63 bits per heavy atom. The molecule has 0 aliphatic carbocycles. The molecule has 19 heavy (non-hydrogen) atoms. The molecule has 0 amide bonds. The van der Waals surface area contributed by atoms with E-state index in [0.717, 1.165) is 24.6 Å². The topological polar surface area (TPSA) is 42.5 Å². The highest BCUT2D eigenvalue weighted by Gasteiger charge is 2.28. The third-order valence-corrected chi connectivity index (χ3v) is 3.97. The minimum absolute atomic E-state index is 0.316. The zero-order valence-corrected chi connectivity index (χ0v) is 12.2. The lowest BCUT2D eigenvalue weighted by Crippen LogP contribution is -2.28. The van der Waals surface area contributed by atoms with Gasteiger partial charge in [-0.2, -0.15) is 0 Å². The summed E-state index contributed by atoms with van der Waals surface area (Å²) in [5.74, 6) is 2.35. The van der Waals surface area contributed by atoms with E-state index >= 15 is 0 Å². The standard InChI is InChI=1S/C15H24N2O2/c1-10-7-12(18-3)8-13(19-4)14(10)15(16-2)11-5-6-17-9-11/h7-8,11,15-17H,5-6,9H2,1-4H3. The summed E-state index contributed by atoms with van der Waals surface area (Å²) < 4.78 is 10.9. The lowest BCUT2D eigenvalue weighted by Gasteiger charge is -2.26. The molecule has 0 aromatic heterocycles. The molecule has 2 N–H and O–H groups in total. The van der Waals surface area contributed by atoms with E-state index in [-0.39, 0.29) is 0 Å². The van der Waals surface area contributed by atoms with Gasteiger partial charge in [-0.1, -0.05) is 0 Å². The maximum absolute atomic E-state index is 5.57. The fraction of sp³-hybridized carbons (Fsp3) is 0.600. The number of ether oxygens (including phenoxy) is 2. The number of benzene rings is 1. The van der Waals surface area contributed by atoms with Crippen LogP contribution < -0.4 is 20.1 Å². The summed E-state index contributed by atoms with van der Waals surface area (Å²) in [6.45, 7) is 4.27. The molecule has 4 nitrogen and oxygen atoms in total. The first kappa shape index (κ1) is 14.2. The molecule has 1 saturated heterocycles. The summed E-state index contributed by atoms with van der Waals surface area (Å²) in [6, 6.07) is 4.36. The molecule has 0 spiro atoms. The van der Waals surface area contributed by atoms with Crippen LogP contribution in [0.4, 0.5) is 0 Å². The Kier molecular flexibility index (Phi) is 4.66. The number of nitrogens with one attached hydrogen (secondary N) is 2. The smallest absolute Gasteiger partial charge is 0.127 e. The normalized spacial score (nSPS) is 20.3. The summed E-state index contributed by atoms with van der Waals surface area (Å²) >= 11 is 0. The second kappa shape index (κ2) is 6.26. The molecular weight excluding hydrogens is 240 g/mol. The summed E-state index contributed by atoms with van der Waals surface area (Å²) in [5, 5.41) is 6.88. The average Bonchev–Trinajstić information content (AvgIpc) is 2.94. The molecule has 1 aliphatic rings. The second-order valence-electron chi connectivity index (χ2n) is 5.08. The van der Waals surface area contributed by atoms with Crippen LogP contribution in [0.5, 0.6) is 11.5 Å². The zero-order valence-electron chi connectivity index (χ0n) is 12.2. The quantitative estimate of drug-likeness (QED) is 0.852. The van der Waals surface area contributed by atoms with Crippen molar-refractivity contribution in [3.05, 3.63) is 23.3 Å². The lowest BCUT2D eigenvalue weighted by molar-refractivity contribution is 0.361. The van der Waals surface area contributed by atoms with Gasteiger partial charge in [0.1, 0.15) is 11.5 Å². The van der Waals surface area contributed by atoms with Gasteiger partial charge in [0.15, 0.2) is 0 Å². The van der Waals surface area contributed by atoms with Gasteiger partial charge >= 0.3 is 0 Å². The molecule has 0 radical (unpaired) electrons. The Labute approximate surface area is 115 Å². The molecule has 2 unspecified atom stereocenters. The van der Waals surface area contributed by atoms with Gasteiger partial charge in [-0.25, -0.2) is 0 Å². The van der Waals surface area contributed by atoms with Crippen molar-refractivity contribution in [3.63, 3.8) is 0 Å². The lowest BCUT2D eigenvalue weighted by atomic mass is 9.89. The Morgan fingerprint density at radius 1 is 1.32 bits per heavy atom. The van der Waals surface area contributed by atoms with Crippen LogP contribution >= 0.6 is 0 Å². The molecule has 0 saturated carbocycles. The third-order valence-electron chi connectivity index (χ3n) is 3.97.